The summed E-state index contributed by atoms with van der Waals surface area (Å²) in [5.41, 5.74) is 6.11. The van der Waals surface area contributed by atoms with E-state index in [-0.39, 0.29) is 21.8 Å². The van der Waals surface area contributed by atoms with Crippen LogP contribution in [0, 0.1) is 17.0 Å². The standard InChI is InChI=1S/C15H12ClN3O4/c1-8-10(14(17)20)3-2-4-13(8)18-15(21)11-7-9(19(22)23)5-6-12(11)16/h2-7H,1H3,(H2,17,20)(H,18,21). The lowest BCUT2D eigenvalue weighted by Gasteiger charge is -2.11. The topological polar surface area (TPSA) is 115 Å². The van der Waals surface area contributed by atoms with Gasteiger partial charge in [-0.25, -0.2) is 0 Å². The first kappa shape index (κ1) is 16.4. The van der Waals surface area contributed by atoms with E-state index in [1.165, 1.54) is 18.2 Å². The van der Waals surface area contributed by atoms with E-state index >= 15 is 0 Å². The Labute approximate surface area is 136 Å². The molecule has 0 saturated carbocycles. The lowest BCUT2D eigenvalue weighted by atomic mass is 10.1. The molecule has 0 aliphatic carbocycles. The molecule has 0 radical (unpaired) electrons. The number of nitro groups is 1. The number of hydrogen-bond donors (Lipinski definition) is 2. The van der Waals surface area contributed by atoms with E-state index in [1.807, 2.05) is 0 Å². The number of nitrogens with zero attached hydrogens (tertiary/aromatic N) is 1. The fourth-order valence-corrected chi connectivity index (χ4v) is 2.23. The van der Waals surface area contributed by atoms with E-state index < -0.39 is 16.7 Å². The van der Waals surface area contributed by atoms with Gasteiger partial charge in [0.2, 0.25) is 5.91 Å². The van der Waals surface area contributed by atoms with Crippen molar-refractivity contribution in [2.75, 3.05) is 5.32 Å². The molecule has 2 aromatic rings. The molecule has 2 rings (SSSR count). The Bertz CT molecular complexity index is 820. The second kappa shape index (κ2) is 6.45. The summed E-state index contributed by atoms with van der Waals surface area (Å²) in [6, 6.07) is 8.26. The van der Waals surface area contributed by atoms with Crippen molar-refractivity contribution >= 4 is 34.8 Å². The Morgan fingerprint density at radius 3 is 2.52 bits per heavy atom. The number of benzene rings is 2. The van der Waals surface area contributed by atoms with Crippen LogP contribution >= 0.6 is 11.6 Å². The van der Waals surface area contributed by atoms with Crippen molar-refractivity contribution in [1.29, 1.82) is 0 Å². The minimum absolute atomic E-state index is 0.0373. The van der Waals surface area contributed by atoms with Crippen LogP contribution in [0.25, 0.3) is 0 Å². The Kier molecular flexibility index (Phi) is 4.61. The number of anilines is 1. The second-order valence-corrected chi connectivity index (χ2v) is 5.12. The number of non-ortho nitro benzene ring substituents is 1. The maximum Gasteiger partial charge on any atom is 0.270 e. The number of amides is 2. The van der Waals surface area contributed by atoms with Crippen molar-refractivity contribution in [3.8, 4) is 0 Å². The van der Waals surface area contributed by atoms with E-state index in [0.717, 1.165) is 6.07 Å². The number of nitrogens with one attached hydrogen (secondary N) is 1. The smallest absolute Gasteiger partial charge is 0.270 e. The third-order valence-electron chi connectivity index (χ3n) is 3.25. The number of carbonyl (C=O) groups excluding carboxylic acids is 2. The third kappa shape index (κ3) is 3.46. The summed E-state index contributed by atoms with van der Waals surface area (Å²) in [4.78, 5) is 33.8. The molecule has 2 amide bonds. The number of primary amides is 1. The van der Waals surface area contributed by atoms with Crippen molar-refractivity contribution in [2.45, 2.75) is 6.92 Å². The maximum absolute atomic E-state index is 12.3. The summed E-state index contributed by atoms with van der Waals surface area (Å²) in [7, 11) is 0. The van der Waals surface area contributed by atoms with Gasteiger partial charge < -0.3 is 11.1 Å². The SMILES string of the molecule is Cc1c(NC(=O)c2cc([N+](=O)[O-])ccc2Cl)cccc1C(N)=O. The minimum Gasteiger partial charge on any atom is -0.366 e. The zero-order chi connectivity index (χ0) is 17.1. The lowest BCUT2D eigenvalue weighted by Crippen LogP contribution is -2.17. The molecule has 8 heteroatoms. The van der Waals surface area contributed by atoms with Crippen LogP contribution in [-0.2, 0) is 0 Å². The normalized spacial score (nSPS) is 10.2. The second-order valence-electron chi connectivity index (χ2n) is 4.72. The largest absolute Gasteiger partial charge is 0.366 e. The summed E-state index contributed by atoms with van der Waals surface area (Å²) in [5.74, 6) is -1.24. The van der Waals surface area contributed by atoms with E-state index in [9.17, 15) is 19.7 Å². The van der Waals surface area contributed by atoms with E-state index in [0.29, 0.717) is 11.3 Å². The molecule has 0 aromatic heterocycles. The van der Waals surface area contributed by atoms with Crippen molar-refractivity contribution in [1.82, 2.24) is 0 Å². The molecular weight excluding hydrogens is 322 g/mol. The van der Waals surface area contributed by atoms with Gasteiger partial charge in [-0.2, -0.15) is 0 Å². The molecule has 0 bridgehead atoms. The van der Waals surface area contributed by atoms with Crippen molar-refractivity contribution in [3.63, 3.8) is 0 Å². The number of nitro benzene ring substituents is 1. The van der Waals surface area contributed by atoms with Gasteiger partial charge in [0.05, 0.1) is 15.5 Å². The third-order valence-corrected chi connectivity index (χ3v) is 3.58. The Hall–Kier alpha value is -2.93. The highest BCUT2D eigenvalue weighted by Gasteiger charge is 2.17. The molecule has 0 saturated heterocycles. The van der Waals surface area contributed by atoms with Gasteiger partial charge in [-0.1, -0.05) is 17.7 Å². The summed E-state index contributed by atoms with van der Waals surface area (Å²) >= 11 is 5.93. The van der Waals surface area contributed by atoms with Crippen LogP contribution in [0.2, 0.25) is 5.02 Å². The molecule has 0 fully saturated rings. The van der Waals surface area contributed by atoms with E-state index in [2.05, 4.69) is 5.32 Å². The molecule has 0 spiro atoms. The van der Waals surface area contributed by atoms with Gasteiger partial charge in [-0.15, -0.1) is 0 Å². The summed E-state index contributed by atoms with van der Waals surface area (Å²) in [6.45, 7) is 1.63. The monoisotopic (exact) mass is 333 g/mol. The number of nitrogens with two attached hydrogens (primary N) is 1. The van der Waals surface area contributed by atoms with Crippen LogP contribution in [0.4, 0.5) is 11.4 Å². The first-order valence-corrected chi connectivity index (χ1v) is 6.83. The van der Waals surface area contributed by atoms with Crippen LogP contribution in [0.1, 0.15) is 26.3 Å². The van der Waals surface area contributed by atoms with Gasteiger partial charge in [-0.05, 0) is 30.7 Å². The van der Waals surface area contributed by atoms with Gasteiger partial charge in [0, 0.05) is 23.4 Å². The molecule has 23 heavy (non-hydrogen) atoms. The number of carbonyl (C=O) groups is 2. The molecule has 0 heterocycles. The van der Waals surface area contributed by atoms with Crippen molar-refractivity contribution in [3.05, 3.63) is 68.2 Å². The zero-order valence-electron chi connectivity index (χ0n) is 12.0. The summed E-state index contributed by atoms with van der Waals surface area (Å²) in [6.07, 6.45) is 0. The number of rotatable bonds is 4. The highest BCUT2D eigenvalue weighted by molar-refractivity contribution is 6.34. The first-order chi connectivity index (χ1) is 10.8. The van der Waals surface area contributed by atoms with E-state index in [1.54, 1.807) is 19.1 Å². The highest BCUT2D eigenvalue weighted by Crippen LogP contribution is 2.24. The molecular formula is C15H12ClN3O4. The molecule has 0 aliphatic heterocycles. The average molecular weight is 334 g/mol. The van der Waals surface area contributed by atoms with Gasteiger partial charge in [0.25, 0.3) is 11.6 Å². The maximum atomic E-state index is 12.3. The first-order valence-electron chi connectivity index (χ1n) is 6.46. The van der Waals surface area contributed by atoms with E-state index in [4.69, 9.17) is 17.3 Å². The molecule has 0 aliphatic rings. The molecule has 2 aromatic carbocycles. The van der Waals surface area contributed by atoms with Crippen LogP contribution in [0.3, 0.4) is 0 Å². The fourth-order valence-electron chi connectivity index (χ4n) is 2.03. The van der Waals surface area contributed by atoms with Crippen LogP contribution in [0.15, 0.2) is 36.4 Å². The minimum atomic E-state index is -0.622. The molecule has 3 N–H and O–H groups in total. The zero-order valence-corrected chi connectivity index (χ0v) is 12.8. The van der Waals surface area contributed by atoms with Crippen LogP contribution in [0.5, 0.6) is 0 Å². The van der Waals surface area contributed by atoms with Crippen molar-refractivity contribution in [2.24, 2.45) is 5.73 Å². The van der Waals surface area contributed by atoms with Gasteiger partial charge in [-0.3, -0.25) is 19.7 Å². The average Bonchev–Trinajstić information content (AvgIpc) is 2.49. The van der Waals surface area contributed by atoms with Gasteiger partial charge >= 0.3 is 0 Å². The van der Waals surface area contributed by atoms with Crippen LogP contribution < -0.4 is 11.1 Å². The molecule has 0 atom stereocenters. The Morgan fingerprint density at radius 2 is 1.91 bits per heavy atom. The van der Waals surface area contributed by atoms with Gasteiger partial charge in [0.1, 0.15) is 0 Å². The fraction of sp³-hybridized carbons (Fsp3) is 0.0667. The predicted octanol–water partition coefficient (Wildman–Crippen LogP) is 2.91. The highest BCUT2D eigenvalue weighted by atomic mass is 35.5. The predicted molar refractivity (Wildman–Crippen MR) is 85.8 cm³/mol. The Morgan fingerprint density at radius 1 is 1.22 bits per heavy atom. The van der Waals surface area contributed by atoms with Gasteiger partial charge in [0.15, 0.2) is 0 Å². The summed E-state index contributed by atoms with van der Waals surface area (Å²) < 4.78 is 0. The van der Waals surface area contributed by atoms with Crippen molar-refractivity contribution < 1.29 is 14.5 Å². The lowest BCUT2D eigenvalue weighted by molar-refractivity contribution is -0.384. The molecule has 118 valence electrons. The quantitative estimate of drug-likeness (QED) is 0.661. The van der Waals surface area contributed by atoms with Crippen LogP contribution in [-0.4, -0.2) is 16.7 Å². The molecule has 7 nitrogen and oxygen atoms in total. The number of hydrogen-bond acceptors (Lipinski definition) is 4. The molecule has 0 unspecified atom stereocenters. The Balaban J connectivity index is 2.37. The number of halogens is 1. The summed E-state index contributed by atoms with van der Waals surface area (Å²) in [5, 5.41) is 13.5.